The van der Waals surface area contributed by atoms with Gasteiger partial charge in [-0.15, -0.1) is 0 Å². The Balaban J connectivity index is 1.76. The Labute approximate surface area is 117 Å². The maximum atomic E-state index is 4.93. The van der Waals surface area contributed by atoms with Crippen molar-refractivity contribution in [2.45, 2.75) is 12.8 Å². The van der Waals surface area contributed by atoms with Crippen LogP contribution >= 0.6 is 0 Å². The molecule has 2 aromatic carbocycles. The number of nitrogens with zero attached hydrogens (tertiary/aromatic N) is 2. The van der Waals surface area contributed by atoms with Gasteiger partial charge in [-0.3, -0.25) is 0 Å². The summed E-state index contributed by atoms with van der Waals surface area (Å²) in [6.45, 7) is 0. The molecule has 0 bridgehead atoms. The Hall–Kier alpha value is -2.48. The second-order valence-corrected chi connectivity index (χ2v) is 5.48. The van der Waals surface area contributed by atoms with Gasteiger partial charge in [-0.25, -0.2) is 9.97 Å². The summed E-state index contributed by atoms with van der Waals surface area (Å²) in [6, 6.07) is 17.0. The minimum Gasteiger partial charge on any atom is -0.248 e. The highest BCUT2D eigenvalue weighted by atomic mass is 14.9. The fraction of sp³-hybridized carbons (Fsp3) is 0.111. The van der Waals surface area contributed by atoms with Crippen molar-refractivity contribution < 1.29 is 0 Å². The lowest BCUT2D eigenvalue weighted by Gasteiger charge is -2.04. The van der Waals surface area contributed by atoms with Crippen LogP contribution in [0.15, 0.2) is 48.5 Å². The Morgan fingerprint density at radius 2 is 1.05 bits per heavy atom. The SMILES string of the molecule is c1ccc2c(c1)Cc1nc3c(nc1-2)Cc1ccccc1-3. The lowest BCUT2D eigenvalue weighted by atomic mass is 10.1. The molecule has 1 heterocycles. The molecule has 0 atom stereocenters. The summed E-state index contributed by atoms with van der Waals surface area (Å²) in [5.41, 5.74) is 9.64. The topological polar surface area (TPSA) is 25.8 Å². The van der Waals surface area contributed by atoms with Crippen molar-refractivity contribution in [3.63, 3.8) is 0 Å². The third kappa shape index (κ3) is 1.23. The second-order valence-electron chi connectivity index (χ2n) is 5.48. The summed E-state index contributed by atoms with van der Waals surface area (Å²) in [6.07, 6.45) is 1.82. The van der Waals surface area contributed by atoms with Crippen LogP contribution in [0.3, 0.4) is 0 Å². The molecule has 0 fully saturated rings. The molecule has 0 amide bonds. The van der Waals surface area contributed by atoms with Gasteiger partial charge in [-0.1, -0.05) is 48.5 Å². The number of fused-ring (bicyclic) bond motifs is 6. The average Bonchev–Trinajstić information content (AvgIpc) is 3.02. The van der Waals surface area contributed by atoms with Crippen molar-refractivity contribution in [1.82, 2.24) is 9.97 Å². The second kappa shape index (κ2) is 3.54. The average molecular weight is 256 g/mol. The first kappa shape index (κ1) is 10.3. The number of hydrogen-bond donors (Lipinski definition) is 0. The molecule has 2 heteroatoms. The van der Waals surface area contributed by atoms with Gasteiger partial charge in [0.25, 0.3) is 0 Å². The molecule has 0 spiro atoms. The van der Waals surface area contributed by atoms with Gasteiger partial charge >= 0.3 is 0 Å². The van der Waals surface area contributed by atoms with E-state index in [0.717, 1.165) is 35.6 Å². The van der Waals surface area contributed by atoms with Gasteiger partial charge in [0.15, 0.2) is 0 Å². The van der Waals surface area contributed by atoms with Crippen LogP contribution < -0.4 is 0 Å². The highest BCUT2D eigenvalue weighted by molar-refractivity contribution is 5.78. The molecule has 0 radical (unpaired) electrons. The molecule has 0 aliphatic heterocycles. The smallest absolute Gasteiger partial charge is 0.0927 e. The van der Waals surface area contributed by atoms with E-state index >= 15 is 0 Å². The van der Waals surface area contributed by atoms with Crippen molar-refractivity contribution in [3.8, 4) is 22.5 Å². The molecule has 0 saturated heterocycles. The quantitative estimate of drug-likeness (QED) is 0.423. The number of aromatic nitrogens is 2. The molecular formula is C18H12N2. The molecule has 2 aliphatic rings. The van der Waals surface area contributed by atoms with E-state index in [-0.39, 0.29) is 0 Å². The van der Waals surface area contributed by atoms with Crippen LogP contribution in [-0.2, 0) is 12.8 Å². The highest BCUT2D eigenvalue weighted by Crippen LogP contribution is 2.40. The molecular weight excluding hydrogens is 244 g/mol. The summed E-state index contributed by atoms with van der Waals surface area (Å²) in [7, 11) is 0. The van der Waals surface area contributed by atoms with Gasteiger partial charge in [-0.05, 0) is 11.1 Å². The Morgan fingerprint density at radius 3 is 1.55 bits per heavy atom. The largest absolute Gasteiger partial charge is 0.248 e. The normalized spacial score (nSPS) is 13.6. The summed E-state index contributed by atoms with van der Waals surface area (Å²) in [4.78, 5) is 9.85. The molecule has 0 N–H and O–H groups in total. The summed E-state index contributed by atoms with van der Waals surface area (Å²) in [5.74, 6) is 0. The fourth-order valence-electron chi connectivity index (χ4n) is 3.35. The van der Waals surface area contributed by atoms with Crippen molar-refractivity contribution in [2.24, 2.45) is 0 Å². The molecule has 2 aliphatic carbocycles. The third-order valence-corrected chi connectivity index (χ3v) is 4.30. The lowest BCUT2D eigenvalue weighted by Crippen LogP contribution is -1.96. The molecule has 0 saturated carbocycles. The zero-order chi connectivity index (χ0) is 13.1. The summed E-state index contributed by atoms with van der Waals surface area (Å²) < 4.78 is 0. The Kier molecular flexibility index (Phi) is 1.83. The molecule has 20 heavy (non-hydrogen) atoms. The van der Waals surface area contributed by atoms with Gasteiger partial charge in [0.2, 0.25) is 0 Å². The predicted octanol–water partition coefficient (Wildman–Crippen LogP) is 3.62. The van der Waals surface area contributed by atoms with Crippen LogP contribution in [0.1, 0.15) is 22.5 Å². The van der Waals surface area contributed by atoms with Crippen LogP contribution in [0, 0.1) is 0 Å². The molecule has 1 aromatic heterocycles. The highest BCUT2D eigenvalue weighted by Gasteiger charge is 2.27. The van der Waals surface area contributed by atoms with Crippen LogP contribution in [0.4, 0.5) is 0 Å². The van der Waals surface area contributed by atoms with E-state index in [9.17, 15) is 0 Å². The van der Waals surface area contributed by atoms with E-state index in [0.29, 0.717) is 0 Å². The van der Waals surface area contributed by atoms with E-state index in [1.807, 2.05) is 0 Å². The first-order chi connectivity index (χ1) is 9.90. The van der Waals surface area contributed by atoms with E-state index < -0.39 is 0 Å². The third-order valence-electron chi connectivity index (χ3n) is 4.30. The van der Waals surface area contributed by atoms with E-state index in [1.54, 1.807) is 0 Å². The monoisotopic (exact) mass is 256 g/mol. The zero-order valence-corrected chi connectivity index (χ0v) is 10.9. The van der Waals surface area contributed by atoms with Crippen molar-refractivity contribution in [3.05, 3.63) is 71.0 Å². The van der Waals surface area contributed by atoms with Crippen LogP contribution in [0.5, 0.6) is 0 Å². The minimum absolute atomic E-state index is 0.911. The number of rotatable bonds is 0. The van der Waals surface area contributed by atoms with Crippen molar-refractivity contribution >= 4 is 0 Å². The van der Waals surface area contributed by atoms with Crippen LogP contribution in [0.2, 0.25) is 0 Å². The maximum absolute atomic E-state index is 4.93. The van der Waals surface area contributed by atoms with Gasteiger partial charge in [0, 0.05) is 24.0 Å². The molecule has 0 unspecified atom stereocenters. The van der Waals surface area contributed by atoms with Gasteiger partial charge < -0.3 is 0 Å². The maximum Gasteiger partial charge on any atom is 0.0927 e. The molecule has 94 valence electrons. The number of hydrogen-bond acceptors (Lipinski definition) is 2. The zero-order valence-electron chi connectivity index (χ0n) is 10.9. The van der Waals surface area contributed by atoms with Gasteiger partial charge in [0.1, 0.15) is 0 Å². The van der Waals surface area contributed by atoms with E-state index in [2.05, 4.69) is 48.5 Å². The molecule has 3 aromatic rings. The van der Waals surface area contributed by atoms with E-state index in [1.165, 1.54) is 22.3 Å². The Bertz CT molecular complexity index is 792. The minimum atomic E-state index is 0.911. The first-order valence-corrected chi connectivity index (χ1v) is 6.96. The predicted molar refractivity (Wildman–Crippen MR) is 78.5 cm³/mol. The number of benzene rings is 2. The standard InChI is InChI=1S/C18H12N2/c1-3-7-13-11(5-1)9-15-17(13)20-16-10-12-6-2-4-8-14(12)18(16)19-15/h1-8H,9-10H2. The fourth-order valence-corrected chi connectivity index (χ4v) is 3.35. The Morgan fingerprint density at radius 1 is 0.600 bits per heavy atom. The molecule has 5 rings (SSSR count). The van der Waals surface area contributed by atoms with Crippen molar-refractivity contribution in [1.29, 1.82) is 0 Å². The van der Waals surface area contributed by atoms with Gasteiger partial charge in [-0.2, -0.15) is 0 Å². The lowest BCUT2D eigenvalue weighted by molar-refractivity contribution is 1.04. The first-order valence-electron chi connectivity index (χ1n) is 6.96. The van der Waals surface area contributed by atoms with E-state index in [4.69, 9.17) is 9.97 Å². The molecule has 2 nitrogen and oxygen atoms in total. The van der Waals surface area contributed by atoms with Crippen LogP contribution in [0.25, 0.3) is 22.5 Å². The van der Waals surface area contributed by atoms with Crippen molar-refractivity contribution in [2.75, 3.05) is 0 Å². The summed E-state index contributed by atoms with van der Waals surface area (Å²) >= 11 is 0. The van der Waals surface area contributed by atoms with Crippen LogP contribution in [-0.4, -0.2) is 9.97 Å². The van der Waals surface area contributed by atoms with Gasteiger partial charge in [0.05, 0.1) is 22.8 Å². The summed E-state index contributed by atoms with van der Waals surface area (Å²) in [5, 5.41) is 0.